The van der Waals surface area contributed by atoms with Crippen LogP contribution in [0.5, 0.6) is 0 Å². The van der Waals surface area contributed by atoms with E-state index in [0.29, 0.717) is 23.7 Å². The molecule has 0 spiro atoms. The standard InChI is InChI=1S/C26H40O6/c1-15-12-22-20-7-6-18-13-19(32-17(3)28)8-10-24(18,4)21(20)9-11-25(22,5)26(15,30)23(29)14-31-16(2)27/h15,18-22,30H,6-14H2,1-5H3/t15-,18+,19?,20?,21?,22?,24-,25-,26+/m0/s1. The number of carbonyl (C=O) groups is 3. The van der Waals surface area contributed by atoms with Crippen molar-refractivity contribution in [3.8, 4) is 0 Å². The van der Waals surface area contributed by atoms with Crippen LogP contribution in [0.25, 0.3) is 0 Å². The minimum absolute atomic E-state index is 0.0477. The van der Waals surface area contributed by atoms with Crippen molar-refractivity contribution in [2.45, 2.75) is 97.7 Å². The van der Waals surface area contributed by atoms with Gasteiger partial charge in [-0.05, 0) is 86.4 Å². The van der Waals surface area contributed by atoms with Crippen LogP contribution in [0.1, 0.15) is 86.0 Å². The number of hydrogen-bond donors (Lipinski definition) is 1. The maximum Gasteiger partial charge on any atom is 0.303 e. The maximum atomic E-state index is 13.1. The molecule has 0 aromatic rings. The number of ether oxygens (including phenoxy) is 2. The molecule has 32 heavy (non-hydrogen) atoms. The molecule has 0 bridgehead atoms. The largest absolute Gasteiger partial charge is 0.463 e. The summed E-state index contributed by atoms with van der Waals surface area (Å²) in [5.41, 5.74) is -1.70. The highest BCUT2D eigenvalue weighted by molar-refractivity contribution is 5.91. The summed E-state index contributed by atoms with van der Waals surface area (Å²) in [7, 11) is 0. The van der Waals surface area contributed by atoms with E-state index >= 15 is 0 Å². The quantitative estimate of drug-likeness (QED) is 0.652. The third-order valence-corrected chi connectivity index (χ3v) is 10.4. The Morgan fingerprint density at radius 2 is 1.66 bits per heavy atom. The molecule has 4 fully saturated rings. The molecule has 0 aromatic heterocycles. The minimum Gasteiger partial charge on any atom is -0.463 e. The lowest BCUT2D eigenvalue weighted by Crippen LogP contribution is -2.60. The van der Waals surface area contributed by atoms with E-state index in [0.717, 1.165) is 51.4 Å². The molecule has 0 aromatic carbocycles. The van der Waals surface area contributed by atoms with Crippen LogP contribution in [0.3, 0.4) is 0 Å². The molecule has 4 rings (SSSR count). The molecule has 4 aliphatic rings. The topological polar surface area (TPSA) is 89.9 Å². The van der Waals surface area contributed by atoms with E-state index in [2.05, 4.69) is 13.8 Å². The summed E-state index contributed by atoms with van der Waals surface area (Å²) in [6.45, 7) is 8.98. The van der Waals surface area contributed by atoms with Gasteiger partial charge in [0.25, 0.3) is 0 Å². The number of carbonyl (C=O) groups excluding carboxylic acids is 3. The van der Waals surface area contributed by atoms with E-state index in [1.54, 1.807) is 0 Å². The van der Waals surface area contributed by atoms with Gasteiger partial charge in [0.15, 0.2) is 6.61 Å². The van der Waals surface area contributed by atoms with Gasteiger partial charge in [-0.3, -0.25) is 14.4 Å². The van der Waals surface area contributed by atoms with E-state index < -0.39 is 17.0 Å². The van der Waals surface area contributed by atoms with Crippen molar-refractivity contribution in [2.75, 3.05) is 6.61 Å². The molecule has 9 atom stereocenters. The second-order valence-electron chi connectivity index (χ2n) is 11.7. The predicted molar refractivity (Wildman–Crippen MR) is 118 cm³/mol. The van der Waals surface area contributed by atoms with Gasteiger partial charge < -0.3 is 14.6 Å². The molecule has 6 nitrogen and oxygen atoms in total. The van der Waals surface area contributed by atoms with Crippen LogP contribution >= 0.6 is 0 Å². The van der Waals surface area contributed by atoms with Crippen molar-refractivity contribution in [1.29, 1.82) is 0 Å². The van der Waals surface area contributed by atoms with Crippen LogP contribution in [0.15, 0.2) is 0 Å². The molecule has 180 valence electrons. The Hall–Kier alpha value is -1.43. The molecule has 6 heteroatoms. The number of Topliss-reactive ketones (excluding diaryl/α,β-unsaturated/α-hetero) is 1. The Morgan fingerprint density at radius 3 is 2.31 bits per heavy atom. The fourth-order valence-corrected chi connectivity index (χ4v) is 8.77. The Labute approximate surface area is 191 Å². The summed E-state index contributed by atoms with van der Waals surface area (Å²) in [5, 5.41) is 11.8. The number of hydrogen-bond acceptors (Lipinski definition) is 6. The van der Waals surface area contributed by atoms with Gasteiger partial charge in [-0.25, -0.2) is 0 Å². The van der Waals surface area contributed by atoms with Crippen molar-refractivity contribution in [3.05, 3.63) is 0 Å². The molecule has 0 saturated heterocycles. The highest BCUT2D eigenvalue weighted by Gasteiger charge is 2.69. The SMILES string of the molecule is CC(=O)OCC(=O)[C@]1(O)[C@@H](C)CC2C3CC[C@@H]4CC(OC(C)=O)CC[C@]4(C)C3CC[C@@]21C. The molecule has 4 aliphatic carbocycles. The predicted octanol–water partition coefficient (Wildman–Crippen LogP) is 4.07. The highest BCUT2D eigenvalue weighted by atomic mass is 16.5. The van der Waals surface area contributed by atoms with Crippen molar-refractivity contribution in [2.24, 2.45) is 40.4 Å². The minimum atomic E-state index is -1.44. The second kappa shape index (κ2) is 8.11. The Morgan fingerprint density at radius 1 is 0.938 bits per heavy atom. The van der Waals surface area contributed by atoms with Crippen molar-refractivity contribution >= 4 is 17.7 Å². The van der Waals surface area contributed by atoms with Gasteiger partial charge in [-0.1, -0.05) is 20.8 Å². The van der Waals surface area contributed by atoms with E-state index in [-0.39, 0.29) is 35.8 Å². The molecular formula is C26H40O6. The summed E-state index contributed by atoms with van der Waals surface area (Å²) in [6, 6.07) is 0. The molecule has 0 amide bonds. The van der Waals surface area contributed by atoms with Crippen LogP contribution in [0, 0.1) is 40.4 Å². The van der Waals surface area contributed by atoms with Crippen LogP contribution in [0.4, 0.5) is 0 Å². The molecule has 0 aliphatic heterocycles. The van der Waals surface area contributed by atoms with Crippen molar-refractivity contribution in [1.82, 2.24) is 0 Å². The molecule has 0 radical (unpaired) electrons. The Kier molecular flexibility index (Phi) is 6.01. The molecular weight excluding hydrogens is 408 g/mol. The smallest absolute Gasteiger partial charge is 0.303 e. The van der Waals surface area contributed by atoms with E-state index in [1.165, 1.54) is 13.8 Å². The number of aliphatic hydroxyl groups is 1. The number of esters is 2. The van der Waals surface area contributed by atoms with Crippen LogP contribution in [-0.2, 0) is 23.9 Å². The average molecular weight is 449 g/mol. The van der Waals surface area contributed by atoms with Gasteiger partial charge in [0, 0.05) is 19.3 Å². The highest BCUT2D eigenvalue weighted by Crippen LogP contribution is 2.69. The van der Waals surface area contributed by atoms with Gasteiger partial charge in [0.2, 0.25) is 5.78 Å². The van der Waals surface area contributed by atoms with Crippen LogP contribution in [0.2, 0.25) is 0 Å². The first-order valence-corrected chi connectivity index (χ1v) is 12.5. The van der Waals surface area contributed by atoms with Crippen molar-refractivity contribution < 1.29 is 29.0 Å². The lowest BCUT2D eigenvalue weighted by Gasteiger charge is -2.61. The van der Waals surface area contributed by atoms with Crippen molar-refractivity contribution in [3.63, 3.8) is 0 Å². The molecule has 4 unspecified atom stereocenters. The van der Waals surface area contributed by atoms with E-state index in [1.807, 2.05) is 6.92 Å². The van der Waals surface area contributed by atoms with Gasteiger partial charge >= 0.3 is 11.9 Å². The fourth-order valence-electron chi connectivity index (χ4n) is 8.77. The van der Waals surface area contributed by atoms with Gasteiger partial charge in [-0.15, -0.1) is 0 Å². The summed E-state index contributed by atoms with van der Waals surface area (Å²) in [4.78, 5) is 35.9. The molecule has 0 heterocycles. The number of ketones is 1. The first-order chi connectivity index (χ1) is 14.9. The number of fused-ring (bicyclic) bond motifs is 5. The first kappa shape index (κ1) is 23.7. The normalized spacial score (nSPS) is 47.6. The third-order valence-electron chi connectivity index (χ3n) is 10.4. The monoisotopic (exact) mass is 448 g/mol. The fraction of sp³-hybridized carbons (Fsp3) is 0.885. The first-order valence-electron chi connectivity index (χ1n) is 12.5. The Balaban J connectivity index is 1.55. The van der Waals surface area contributed by atoms with E-state index in [9.17, 15) is 19.5 Å². The van der Waals surface area contributed by atoms with E-state index in [4.69, 9.17) is 9.47 Å². The average Bonchev–Trinajstić information content (AvgIpc) is 2.93. The zero-order chi connectivity index (χ0) is 23.5. The van der Waals surface area contributed by atoms with Gasteiger partial charge in [-0.2, -0.15) is 0 Å². The van der Waals surface area contributed by atoms with Gasteiger partial charge in [0.1, 0.15) is 11.7 Å². The second-order valence-corrected chi connectivity index (χ2v) is 11.7. The summed E-state index contributed by atoms with van der Waals surface area (Å²) in [5.74, 6) is 0.775. The molecule has 4 saturated carbocycles. The lowest BCUT2D eigenvalue weighted by molar-refractivity contribution is -0.183. The zero-order valence-corrected chi connectivity index (χ0v) is 20.3. The van der Waals surface area contributed by atoms with Crippen LogP contribution in [-0.4, -0.2) is 41.1 Å². The van der Waals surface area contributed by atoms with Crippen LogP contribution < -0.4 is 0 Å². The summed E-state index contributed by atoms with van der Waals surface area (Å²) in [6.07, 6.45) is 7.92. The molecule has 1 N–H and O–H groups in total. The zero-order valence-electron chi connectivity index (χ0n) is 20.3. The number of rotatable bonds is 4. The Bertz CT molecular complexity index is 793. The third kappa shape index (κ3) is 3.43. The summed E-state index contributed by atoms with van der Waals surface area (Å²) >= 11 is 0. The van der Waals surface area contributed by atoms with Gasteiger partial charge in [0.05, 0.1) is 0 Å². The summed E-state index contributed by atoms with van der Waals surface area (Å²) < 4.78 is 10.6. The lowest BCUT2D eigenvalue weighted by atomic mass is 9.44. The maximum absolute atomic E-state index is 13.1.